The maximum atomic E-state index is 10.2. The quantitative estimate of drug-likeness (QED) is 0.568. The molecular formula is C4H4N2O4. The summed E-state index contributed by atoms with van der Waals surface area (Å²) in [5, 5.41) is 22.7. The summed E-state index contributed by atoms with van der Waals surface area (Å²) in [6.07, 6.45) is -0.567. The average molecular weight is 144 g/mol. The molecule has 0 aliphatic carbocycles. The second kappa shape index (κ2) is 1.76. The molecule has 0 aromatic heterocycles. The summed E-state index contributed by atoms with van der Waals surface area (Å²) in [7, 11) is 0. The van der Waals surface area contributed by atoms with Crippen molar-refractivity contribution in [3.63, 3.8) is 0 Å². The highest BCUT2D eigenvalue weighted by Gasteiger charge is 2.50. The van der Waals surface area contributed by atoms with E-state index >= 15 is 0 Å². The van der Waals surface area contributed by atoms with Crippen LogP contribution in [0.25, 0.3) is 0 Å². The molecule has 0 spiro atoms. The number of carboxylic acids is 2. The summed E-state index contributed by atoms with van der Waals surface area (Å²) in [5.74, 6) is -2.53. The van der Waals surface area contributed by atoms with Gasteiger partial charge in [-0.15, -0.1) is 10.2 Å². The molecule has 0 aromatic carbocycles. The molecule has 1 aliphatic heterocycles. The number of rotatable bonds is 3. The molecule has 0 saturated carbocycles. The zero-order valence-electron chi connectivity index (χ0n) is 4.81. The fourth-order valence-electron chi connectivity index (χ4n) is 0.503. The Morgan fingerprint density at radius 1 is 1.30 bits per heavy atom. The number of nitrogens with zero attached hydrogens (tertiary/aromatic N) is 2. The topological polar surface area (TPSA) is 99.3 Å². The summed E-state index contributed by atoms with van der Waals surface area (Å²) in [6.45, 7) is 0. The van der Waals surface area contributed by atoms with Crippen LogP contribution in [0, 0.1) is 0 Å². The van der Waals surface area contributed by atoms with Crippen LogP contribution < -0.4 is 0 Å². The molecule has 1 rings (SSSR count). The summed E-state index contributed by atoms with van der Waals surface area (Å²) in [4.78, 5) is 20.1. The van der Waals surface area contributed by atoms with E-state index in [0.29, 0.717) is 0 Å². The van der Waals surface area contributed by atoms with E-state index in [2.05, 4.69) is 10.2 Å². The van der Waals surface area contributed by atoms with Crippen LogP contribution in [0.4, 0.5) is 0 Å². The van der Waals surface area contributed by atoms with Crippen molar-refractivity contribution >= 4 is 11.9 Å². The van der Waals surface area contributed by atoms with Gasteiger partial charge in [0.1, 0.15) is 6.42 Å². The Kier molecular flexibility index (Phi) is 1.17. The second-order valence-corrected chi connectivity index (χ2v) is 1.89. The van der Waals surface area contributed by atoms with Gasteiger partial charge in [0.25, 0.3) is 5.66 Å². The second-order valence-electron chi connectivity index (χ2n) is 1.89. The van der Waals surface area contributed by atoms with E-state index in [0.717, 1.165) is 0 Å². The molecule has 2 N–H and O–H groups in total. The Hall–Kier alpha value is -1.46. The van der Waals surface area contributed by atoms with Crippen LogP contribution in [0.2, 0.25) is 0 Å². The Bertz CT molecular complexity index is 215. The van der Waals surface area contributed by atoms with Crippen molar-refractivity contribution in [2.75, 3.05) is 0 Å². The molecule has 6 heteroatoms. The van der Waals surface area contributed by atoms with E-state index in [4.69, 9.17) is 10.2 Å². The van der Waals surface area contributed by atoms with E-state index in [-0.39, 0.29) is 0 Å². The van der Waals surface area contributed by atoms with Crippen molar-refractivity contribution < 1.29 is 19.8 Å². The van der Waals surface area contributed by atoms with Crippen molar-refractivity contribution in [3.05, 3.63) is 0 Å². The van der Waals surface area contributed by atoms with E-state index < -0.39 is 24.0 Å². The first-order chi connectivity index (χ1) is 4.57. The van der Waals surface area contributed by atoms with Crippen molar-refractivity contribution in [2.24, 2.45) is 10.2 Å². The summed E-state index contributed by atoms with van der Waals surface area (Å²) in [5.41, 5.74) is -1.66. The molecule has 1 heterocycles. The maximum absolute atomic E-state index is 10.2. The van der Waals surface area contributed by atoms with Crippen LogP contribution in [0.15, 0.2) is 10.2 Å². The fraction of sp³-hybridized carbons (Fsp3) is 0.500. The average Bonchev–Trinajstić information content (AvgIpc) is 2.46. The molecular weight excluding hydrogens is 140 g/mol. The Labute approximate surface area is 55.2 Å². The number of hydrogen-bond acceptors (Lipinski definition) is 4. The Balaban J connectivity index is 2.54. The molecule has 0 unspecified atom stereocenters. The first-order valence-electron chi connectivity index (χ1n) is 2.46. The van der Waals surface area contributed by atoms with E-state index in [1.54, 1.807) is 0 Å². The van der Waals surface area contributed by atoms with Crippen LogP contribution in [0.5, 0.6) is 0 Å². The standard InChI is InChI=1S/C4H4N2O4/c7-2(8)1-4(3(9)10)5-6-4/h1H2,(H,7,8)(H,9,10). The monoisotopic (exact) mass is 144 g/mol. The SMILES string of the molecule is O=C(O)CC1(C(=O)O)N=N1. The molecule has 6 nitrogen and oxygen atoms in total. The van der Waals surface area contributed by atoms with Gasteiger partial charge in [0.2, 0.25) is 0 Å². The van der Waals surface area contributed by atoms with E-state index in [1.807, 2.05) is 0 Å². The highest BCUT2D eigenvalue weighted by molar-refractivity contribution is 5.86. The molecule has 0 saturated heterocycles. The lowest BCUT2D eigenvalue weighted by Crippen LogP contribution is -2.26. The van der Waals surface area contributed by atoms with Crippen LogP contribution in [-0.2, 0) is 9.59 Å². The minimum atomic E-state index is -1.66. The van der Waals surface area contributed by atoms with Gasteiger partial charge in [-0.3, -0.25) is 4.79 Å². The number of aliphatic carboxylic acids is 2. The molecule has 0 fully saturated rings. The summed E-state index contributed by atoms with van der Waals surface area (Å²) < 4.78 is 0. The molecule has 0 bridgehead atoms. The maximum Gasteiger partial charge on any atom is 0.358 e. The van der Waals surface area contributed by atoms with Gasteiger partial charge >= 0.3 is 11.9 Å². The van der Waals surface area contributed by atoms with Crippen LogP contribution >= 0.6 is 0 Å². The lowest BCUT2D eigenvalue weighted by Gasteiger charge is -1.97. The van der Waals surface area contributed by atoms with Gasteiger partial charge in [0.05, 0.1) is 0 Å². The third-order valence-corrected chi connectivity index (χ3v) is 1.08. The Morgan fingerprint density at radius 2 is 1.80 bits per heavy atom. The third kappa shape index (κ3) is 0.949. The van der Waals surface area contributed by atoms with Gasteiger partial charge in [-0.2, -0.15) is 0 Å². The highest BCUT2D eigenvalue weighted by Crippen LogP contribution is 2.31. The van der Waals surface area contributed by atoms with E-state index in [9.17, 15) is 9.59 Å². The van der Waals surface area contributed by atoms with Gasteiger partial charge in [-0.05, 0) is 0 Å². The zero-order chi connectivity index (χ0) is 7.78. The smallest absolute Gasteiger partial charge is 0.358 e. The van der Waals surface area contributed by atoms with Crippen LogP contribution in [-0.4, -0.2) is 27.8 Å². The number of carbonyl (C=O) groups is 2. The van der Waals surface area contributed by atoms with Crippen LogP contribution in [0.1, 0.15) is 6.42 Å². The third-order valence-electron chi connectivity index (χ3n) is 1.08. The predicted molar refractivity (Wildman–Crippen MR) is 27.5 cm³/mol. The molecule has 0 amide bonds. The van der Waals surface area contributed by atoms with Crippen molar-refractivity contribution in [3.8, 4) is 0 Å². The van der Waals surface area contributed by atoms with Gasteiger partial charge in [-0.25, -0.2) is 4.79 Å². The van der Waals surface area contributed by atoms with Crippen molar-refractivity contribution in [2.45, 2.75) is 12.1 Å². The van der Waals surface area contributed by atoms with Gasteiger partial charge < -0.3 is 10.2 Å². The Morgan fingerprint density at radius 3 is 1.90 bits per heavy atom. The normalized spacial score (nSPS) is 18.4. The molecule has 1 aliphatic rings. The highest BCUT2D eigenvalue weighted by atomic mass is 16.4. The predicted octanol–water partition coefficient (Wildman–Crippen LogP) is -0.292. The minimum absolute atomic E-state index is 0.567. The molecule has 0 aromatic rings. The molecule has 0 atom stereocenters. The van der Waals surface area contributed by atoms with Crippen LogP contribution in [0.3, 0.4) is 0 Å². The van der Waals surface area contributed by atoms with E-state index in [1.165, 1.54) is 0 Å². The summed E-state index contributed by atoms with van der Waals surface area (Å²) in [6, 6.07) is 0. The van der Waals surface area contributed by atoms with Gasteiger partial charge in [-0.1, -0.05) is 0 Å². The fourth-order valence-corrected chi connectivity index (χ4v) is 0.503. The largest absolute Gasteiger partial charge is 0.481 e. The number of hydrogen-bond donors (Lipinski definition) is 2. The first-order valence-corrected chi connectivity index (χ1v) is 2.46. The number of carboxylic acid groups (broad SMARTS) is 2. The molecule has 10 heavy (non-hydrogen) atoms. The first kappa shape index (κ1) is 6.66. The summed E-state index contributed by atoms with van der Waals surface area (Å²) >= 11 is 0. The molecule has 54 valence electrons. The van der Waals surface area contributed by atoms with Gasteiger partial charge in [0.15, 0.2) is 0 Å². The van der Waals surface area contributed by atoms with Crippen molar-refractivity contribution in [1.29, 1.82) is 0 Å². The molecule has 0 radical (unpaired) electrons. The zero-order valence-corrected chi connectivity index (χ0v) is 4.81. The minimum Gasteiger partial charge on any atom is -0.481 e. The lowest BCUT2D eigenvalue weighted by molar-refractivity contribution is -0.146. The lowest BCUT2D eigenvalue weighted by atomic mass is 10.1. The van der Waals surface area contributed by atoms with Gasteiger partial charge in [0, 0.05) is 0 Å². The van der Waals surface area contributed by atoms with Crippen molar-refractivity contribution in [1.82, 2.24) is 0 Å².